The van der Waals surface area contributed by atoms with Gasteiger partial charge in [0.2, 0.25) is 0 Å². The monoisotopic (exact) mass is 641 g/mol. The highest BCUT2D eigenvalue weighted by Gasteiger charge is 2.35. The molecule has 0 radical (unpaired) electrons. The van der Waals surface area contributed by atoms with Crippen LogP contribution in [0.1, 0.15) is 42.5 Å². The van der Waals surface area contributed by atoms with Crippen LogP contribution in [0.4, 0.5) is 4.39 Å². The number of likely N-dealkylation sites (tertiary alicyclic amines) is 1. The largest absolute Gasteiger partial charge is 0.493 e. The molecule has 6 rings (SSSR count). The molecule has 0 bridgehead atoms. The van der Waals surface area contributed by atoms with Crippen LogP contribution >= 0.6 is 11.3 Å². The van der Waals surface area contributed by atoms with Gasteiger partial charge in [0.1, 0.15) is 5.82 Å². The number of benzene rings is 3. The van der Waals surface area contributed by atoms with Gasteiger partial charge in [-0.15, -0.1) is 0 Å². The smallest absolute Gasteiger partial charge is 0.338 e. The SMILES string of the molecule is CCOC(=O)C1=C(c2ccccc2)N=c2s/c(=C/c3ccc(OCC(=O)N4CCCC4)c(OC)c3)c(=O)n2[C@H]1c1ccc(F)cc1. The molecule has 1 atom stereocenters. The lowest BCUT2D eigenvalue weighted by Gasteiger charge is -2.25. The summed E-state index contributed by atoms with van der Waals surface area (Å²) in [4.78, 5) is 47.1. The molecule has 1 amide bonds. The first-order valence-electron chi connectivity index (χ1n) is 15.0. The van der Waals surface area contributed by atoms with E-state index < -0.39 is 17.8 Å². The van der Waals surface area contributed by atoms with Crippen LogP contribution in [0.2, 0.25) is 0 Å². The lowest BCUT2D eigenvalue weighted by molar-refractivity contribution is -0.139. The number of halogens is 1. The highest BCUT2D eigenvalue weighted by Crippen LogP contribution is 2.35. The van der Waals surface area contributed by atoms with Crippen molar-refractivity contribution in [1.82, 2.24) is 9.47 Å². The molecule has 0 spiro atoms. The number of thiazole rings is 1. The van der Waals surface area contributed by atoms with E-state index in [2.05, 4.69) is 0 Å². The quantitative estimate of drug-likeness (QED) is 0.256. The Kier molecular flexibility index (Phi) is 9.11. The van der Waals surface area contributed by atoms with Crippen LogP contribution in [0.3, 0.4) is 0 Å². The summed E-state index contributed by atoms with van der Waals surface area (Å²) in [6.07, 6.45) is 3.71. The molecule has 46 heavy (non-hydrogen) atoms. The van der Waals surface area contributed by atoms with E-state index in [0.29, 0.717) is 43.2 Å². The highest BCUT2D eigenvalue weighted by molar-refractivity contribution is 7.07. The van der Waals surface area contributed by atoms with Crippen LogP contribution in [0, 0.1) is 5.82 Å². The molecule has 9 nitrogen and oxygen atoms in total. The minimum Gasteiger partial charge on any atom is -0.493 e. The Bertz CT molecular complexity index is 1980. The van der Waals surface area contributed by atoms with Gasteiger partial charge in [0.15, 0.2) is 22.9 Å². The van der Waals surface area contributed by atoms with E-state index in [1.807, 2.05) is 30.3 Å². The summed E-state index contributed by atoms with van der Waals surface area (Å²) in [6, 6.07) is 19.2. The third kappa shape index (κ3) is 6.23. The number of rotatable bonds is 9. The molecule has 2 aliphatic heterocycles. The van der Waals surface area contributed by atoms with Gasteiger partial charge in [-0.25, -0.2) is 14.2 Å². The fourth-order valence-electron chi connectivity index (χ4n) is 5.64. The van der Waals surface area contributed by atoms with E-state index in [0.717, 1.165) is 25.9 Å². The fraction of sp³-hybridized carbons (Fsp3) is 0.257. The number of carbonyl (C=O) groups excluding carboxylic acids is 2. The van der Waals surface area contributed by atoms with E-state index in [9.17, 15) is 18.8 Å². The number of hydrogen-bond acceptors (Lipinski definition) is 8. The van der Waals surface area contributed by atoms with Gasteiger partial charge in [0, 0.05) is 18.7 Å². The van der Waals surface area contributed by atoms with Crippen LogP contribution in [0.5, 0.6) is 11.5 Å². The van der Waals surface area contributed by atoms with Crippen molar-refractivity contribution in [3.05, 3.63) is 121 Å². The second-order valence-electron chi connectivity index (χ2n) is 10.8. The summed E-state index contributed by atoms with van der Waals surface area (Å²) < 4.78 is 32.6. The maximum Gasteiger partial charge on any atom is 0.338 e. The van der Waals surface area contributed by atoms with Gasteiger partial charge in [-0.1, -0.05) is 59.9 Å². The van der Waals surface area contributed by atoms with Crippen molar-refractivity contribution in [1.29, 1.82) is 0 Å². The first-order valence-corrected chi connectivity index (χ1v) is 15.8. The van der Waals surface area contributed by atoms with E-state index >= 15 is 0 Å². The molecule has 1 fully saturated rings. The standard InChI is InChI=1S/C35H32FN3O6S/c1-3-44-34(42)30-31(23-9-5-4-6-10-23)37-35-39(32(30)24-12-14-25(36)15-13-24)33(41)28(46-35)20-22-11-16-26(27(19-22)43-2)45-21-29(40)38-17-7-8-18-38/h4-6,9-16,19-20,32H,3,7-8,17-18,21H2,1-2H3/b28-20+/t32-/m0/s1. The summed E-state index contributed by atoms with van der Waals surface area (Å²) >= 11 is 1.18. The van der Waals surface area contributed by atoms with Crippen LogP contribution in [-0.2, 0) is 14.3 Å². The Morgan fingerprint density at radius 1 is 1.02 bits per heavy atom. The first-order chi connectivity index (χ1) is 22.4. The predicted molar refractivity (Wildman–Crippen MR) is 172 cm³/mol. The summed E-state index contributed by atoms with van der Waals surface area (Å²) in [6.45, 7) is 3.22. The number of amides is 1. The van der Waals surface area contributed by atoms with Crippen LogP contribution in [0.15, 0.2) is 88.2 Å². The Balaban J connectivity index is 1.44. The number of carbonyl (C=O) groups is 2. The summed E-state index contributed by atoms with van der Waals surface area (Å²) in [5.74, 6) is -0.301. The Morgan fingerprint density at radius 2 is 1.76 bits per heavy atom. The molecule has 3 heterocycles. The predicted octanol–water partition coefficient (Wildman–Crippen LogP) is 4.08. The number of ether oxygens (including phenoxy) is 3. The molecule has 1 aromatic heterocycles. The number of hydrogen-bond donors (Lipinski definition) is 0. The molecule has 236 valence electrons. The number of aromatic nitrogens is 1. The zero-order valence-corrected chi connectivity index (χ0v) is 26.2. The minimum atomic E-state index is -0.910. The topological polar surface area (TPSA) is 99.4 Å². The maximum atomic E-state index is 14.1. The second kappa shape index (κ2) is 13.5. The summed E-state index contributed by atoms with van der Waals surface area (Å²) in [5.41, 5.74) is 2.07. The van der Waals surface area contributed by atoms with E-state index in [-0.39, 0.29) is 30.3 Å². The number of fused-ring (bicyclic) bond motifs is 1. The molecule has 0 unspecified atom stereocenters. The normalized spacial score (nSPS) is 16.2. The fourth-order valence-corrected chi connectivity index (χ4v) is 6.64. The average Bonchev–Trinajstić information content (AvgIpc) is 3.72. The molecule has 1 saturated heterocycles. The van der Waals surface area contributed by atoms with Crippen molar-refractivity contribution in [3.8, 4) is 11.5 Å². The number of nitrogens with zero attached hydrogens (tertiary/aromatic N) is 3. The van der Waals surface area contributed by atoms with Gasteiger partial charge < -0.3 is 19.1 Å². The van der Waals surface area contributed by atoms with Crippen LogP contribution in [0.25, 0.3) is 11.8 Å². The maximum absolute atomic E-state index is 14.1. The first kappa shape index (κ1) is 31.0. The van der Waals surface area contributed by atoms with Gasteiger partial charge in [-0.2, -0.15) is 0 Å². The molecule has 0 saturated carbocycles. The molecule has 0 aliphatic carbocycles. The Morgan fingerprint density at radius 3 is 2.46 bits per heavy atom. The van der Waals surface area contributed by atoms with E-state index in [1.165, 1.54) is 35.1 Å². The lowest BCUT2D eigenvalue weighted by atomic mass is 9.93. The summed E-state index contributed by atoms with van der Waals surface area (Å²) in [5, 5.41) is 0. The molecular formula is C35H32FN3O6S. The van der Waals surface area contributed by atoms with Crippen molar-refractivity contribution < 1.29 is 28.2 Å². The Hall–Kier alpha value is -5.03. The molecule has 4 aromatic rings. The second-order valence-corrected chi connectivity index (χ2v) is 11.8. The number of esters is 1. The van der Waals surface area contributed by atoms with Crippen LogP contribution in [-0.4, -0.2) is 54.8 Å². The lowest BCUT2D eigenvalue weighted by Crippen LogP contribution is -2.40. The van der Waals surface area contributed by atoms with Gasteiger partial charge in [-0.05, 0) is 61.2 Å². The number of methoxy groups -OCH3 is 1. The van der Waals surface area contributed by atoms with Crippen molar-refractivity contribution >= 4 is 35.0 Å². The van der Waals surface area contributed by atoms with E-state index in [4.69, 9.17) is 19.2 Å². The minimum absolute atomic E-state index is 0.0718. The zero-order chi connectivity index (χ0) is 32.2. The van der Waals surface area contributed by atoms with Gasteiger partial charge >= 0.3 is 5.97 Å². The molecule has 2 aliphatic rings. The third-order valence-electron chi connectivity index (χ3n) is 7.85. The zero-order valence-electron chi connectivity index (χ0n) is 25.4. The highest BCUT2D eigenvalue weighted by atomic mass is 32.1. The molecule has 11 heteroatoms. The average molecular weight is 642 g/mol. The molecular weight excluding hydrogens is 609 g/mol. The Labute approximate surface area is 268 Å². The summed E-state index contributed by atoms with van der Waals surface area (Å²) in [7, 11) is 1.51. The van der Waals surface area contributed by atoms with Gasteiger partial charge in [0.05, 0.1) is 35.6 Å². The van der Waals surface area contributed by atoms with Crippen molar-refractivity contribution in [2.45, 2.75) is 25.8 Å². The third-order valence-corrected chi connectivity index (χ3v) is 8.84. The molecule has 0 N–H and O–H groups in total. The van der Waals surface area contributed by atoms with Gasteiger partial charge in [-0.3, -0.25) is 14.2 Å². The van der Waals surface area contributed by atoms with Crippen molar-refractivity contribution in [3.63, 3.8) is 0 Å². The van der Waals surface area contributed by atoms with E-state index in [1.54, 1.807) is 48.2 Å². The van der Waals surface area contributed by atoms with Crippen molar-refractivity contribution in [2.75, 3.05) is 33.4 Å². The van der Waals surface area contributed by atoms with Crippen LogP contribution < -0.4 is 24.4 Å². The van der Waals surface area contributed by atoms with Crippen molar-refractivity contribution in [2.24, 2.45) is 4.99 Å². The molecule has 3 aromatic carbocycles. The van der Waals surface area contributed by atoms with Gasteiger partial charge in [0.25, 0.3) is 11.5 Å².